The topological polar surface area (TPSA) is 96.0 Å². The zero-order chi connectivity index (χ0) is 24.4. The van der Waals surface area contributed by atoms with Crippen molar-refractivity contribution in [3.8, 4) is 5.88 Å². The Kier molecular flexibility index (Phi) is 6.55. The molecule has 176 valence electrons. The molecule has 0 radical (unpaired) electrons. The molecular weight excluding hydrogens is 473 g/mol. The SMILES string of the molecule is C[C@@H](c1cnc(OCc2nc[nH]n2)c2cc(F)c(F)cc12)N(C)C(=O)Nc1ccc(F)c(Cl)c1. The molecule has 2 aromatic heterocycles. The maximum absolute atomic E-state index is 14.2. The number of fused-ring (bicyclic) bond motifs is 1. The molecule has 0 aliphatic carbocycles. The number of benzene rings is 2. The summed E-state index contributed by atoms with van der Waals surface area (Å²) >= 11 is 5.77. The van der Waals surface area contributed by atoms with Gasteiger partial charge in [0.15, 0.2) is 24.1 Å². The summed E-state index contributed by atoms with van der Waals surface area (Å²) in [5.41, 5.74) is 0.746. The van der Waals surface area contributed by atoms with Crippen LogP contribution >= 0.6 is 11.6 Å². The van der Waals surface area contributed by atoms with Gasteiger partial charge in [-0.2, -0.15) is 5.10 Å². The number of amides is 2. The third kappa shape index (κ3) is 4.74. The summed E-state index contributed by atoms with van der Waals surface area (Å²) in [6.45, 7) is 1.66. The second-order valence-electron chi connectivity index (χ2n) is 7.38. The number of rotatable bonds is 6. The number of aromatic nitrogens is 4. The van der Waals surface area contributed by atoms with E-state index in [2.05, 4.69) is 25.5 Å². The van der Waals surface area contributed by atoms with E-state index in [0.717, 1.165) is 18.2 Å². The Labute approximate surface area is 196 Å². The highest BCUT2D eigenvalue weighted by molar-refractivity contribution is 6.31. The molecule has 2 aromatic carbocycles. The van der Waals surface area contributed by atoms with Crippen molar-refractivity contribution in [2.75, 3.05) is 12.4 Å². The maximum Gasteiger partial charge on any atom is 0.322 e. The molecule has 12 heteroatoms. The van der Waals surface area contributed by atoms with Gasteiger partial charge in [-0.1, -0.05) is 11.6 Å². The zero-order valence-corrected chi connectivity index (χ0v) is 18.7. The average molecular weight is 491 g/mol. The van der Waals surface area contributed by atoms with E-state index >= 15 is 0 Å². The normalized spacial score (nSPS) is 11.9. The van der Waals surface area contributed by atoms with Gasteiger partial charge in [0, 0.05) is 29.9 Å². The monoisotopic (exact) mass is 490 g/mol. The lowest BCUT2D eigenvalue weighted by molar-refractivity contribution is 0.208. The number of anilines is 1. The third-order valence-electron chi connectivity index (χ3n) is 5.25. The van der Waals surface area contributed by atoms with E-state index in [-0.39, 0.29) is 22.9 Å². The first-order valence-corrected chi connectivity index (χ1v) is 10.4. The van der Waals surface area contributed by atoms with Crippen molar-refractivity contribution in [1.82, 2.24) is 25.1 Å². The molecule has 0 aliphatic heterocycles. The predicted octanol–water partition coefficient (Wildman–Crippen LogP) is 5.23. The van der Waals surface area contributed by atoms with Crippen LogP contribution in [-0.4, -0.2) is 38.1 Å². The molecule has 2 amide bonds. The van der Waals surface area contributed by atoms with Crippen LogP contribution in [0.5, 0.6) is 5.88 Å². The number of pyridine rings is 1. The number of hydrogen-bond acceptors (Lipinski definition) is 5. The fourth-order valence-electron chi connectivity index (χ4n) is 3.29. The molecule has 2 heterocycles. The lowest BCUT2D eigenvalue weighted by Crippen LogP contribution is -2.33. The maximum atomic E-state index is 14.2. The summed E-state index contributed by atoms with van der Waals surface area (Å²) in [5, 5.41) is 9.44. The van der Waals surface area contributed by atoms with E-state index in [0.29, 0.717) is 22.5 Å². The number of urea groups is 1. The Morgan fingerprint density at radius 1 is 1.15 bits per heavy atom. The summed E-state index contributed by atoms with van der Waals surface area (Å²) in [7, 11) is 1.52. The van der Waals surface area contributed by atoms with Crippen molar-refractivity contribution in [3.63, 3.8) is 0 Å². The molecule has 0 saturated heterocycles. The number of nitrogens with one attached hydrogen (secondary N) is 2. The molecule has 0 bridgehead atoms. The molecule has 2 N–H and O–H groups in total. The van der Waals surface area contributed by atoms with Crippen LogP contribution in [-0.2, 0) is 6.61 Å². The highest BCUT2D eigenvalue weighted by Crippen LogP contribution is 2.34. The van der Waals surface area contributed by atoms with Crippen LogP contribution in [0.3, 0.4) is 0 Å². The molecular formula is C22H18ClF3N6O2. The van der Waals surface area contributed by atoms with Gasteiger partial charge in [0.1, 0.15) is 12.1 Å². The van der Waals surface area contributed by atoms with E-state index in [9.17, 15) is 18.0 Å². The van der Waals surface area contributed by atoms with Crippen LogP contribution < -0.4 is 10.1 Å². The van der Waals surface area contributed by atoms with Crippen LogP contribution in [0.25, 0.3) is 10.8 Å². The minimum atomic E-state index is -1.07. The van der Waals surface area contributed by atoms with E-state index < -0.39 is 29.5 Å². The van der Waals surface area contributed by atoms with Crippen molar-refractivity contribution in [2.45, 2.75) is 19.6 Å². The van der Waals surface area contributed by atoms with Crippen molar-refractivity contribution in [2.24, 2.45) is 0 Å². The Hall–Kier alpha value is -3.86. The Morgan fingerprint density at radius 2 is 1.88 bits per heavy atom. The zero-order valence-electron chi connectivity index (χ0n) is 17.9. The summed E-state index contributed by atoms with van der Waals surface area (Å²) in [5.74, 6) is -2.32. The molecule has 4 aromatic rings. The van der Waals surface area contributed by atoms with E-state index in [4.69, 9.17) is 16.3 Å². The van der Waals surface area contributed by atoms with Crippen molar-refractivity contribution >= 4 is 34.1 Å². The lowest BCUT2D eigenvalue weighted by Gasteiger charge is -2.26. The Morgan fingerprint density at radius 3 is 2.56 bits per heavy atom. The molecule has 0 spiro atoms. The van der Waals surface area contributed by atoms with Gasteiger partial charge < -0.3 is 15.0 Å². The van der Waals surface area contributed by atoms with Crippen LogP contribution in [0.4, 0.5) is 23.7 Å². The number of halogens is 4. The van der Waals surface area contributed by atoms with Gasteiger partial charge in [-0.25, -0.2) is 27.9 Å². The van der Waals surface area contributed by atoms with Crippen molar-refractivity contribution in [1.29, 1.82) is 0 Å². The van der Waals surface area contributed by atoms with Gasteiger partial charge in [0.05, 0.1) is 11.1 Å². The number of hydrogen-bond donors (Lipinski definition) is 2. The number of aromatic amines is 1. The first kappa shape index (κ1) is 23.3. The quantitative estimate of drug-likeness (QED) is 0.386. The second kappa shape index (κ2) is 9.56. The first-order valence-electron chi connectivity index (χ1n) is 9.98. The first-order chi connectivity index (χ1) is 16.2. The lowest BCUT2D eigenvalue weighted by atomic mass is 10.0. The van der Waals surface area contributed by atoms with Crippen LogP contribution in [0.2, 0.25) is 5.02 Å². The number of nitrogens with zero attached hydrogens (tertiary/aromatic N) is 4. The highest BCUT2D eigenvalue weighted by Gasteiger charge is 2.23. The van der Waals surface area contributed by atoms with Gasteiger partial charge in [0.25, 0.3) is 0 Å². The molecule has 8 nitrogen and oxygen atoms in total. The van der Waals surface area contributed by atoms with Crippen LogP contribution in [0.15, 0.2) is 42.9 Å². The van der Waals surface area contributed by atoms with E-state index in [1.54, 1.807) is 6.92 Å². The third-order valence-corrected chi connectivity index (χ3v) is 5.54. The number of H-pyrrole nitrogens is 1. The highest BCUT2D eigenvalue weighted by atomic mass is 35.5. The van der Waals surface area contributed by atoms with Gasteiger partial charge in [-0.15, -0.1) is 0 Å². The van der Waals surface area contributed by atoms with Gasteiger partial charge in [-0.05, 0) is 42.6 Å². The number of ether oxygens (including phenoxy) is 1. The fraction of sp³-hybridized carbons (Fsp3) is 0.182. The van der Waals surface area contributed by atoms with Crippen molar-refractivity contribution in [3.05, 3.63) is 76.7 Å². The molecule has 1 atom stereocenters. The second-order valence-corrected chi connectivity index (χ2v) is 7.79. The van der Waals surface area contributed by atoms with E-state index in [1.165, 1.54) is 36.6 Å². The van der Waals surface area contributed by atoms with E-state index in [1.807, 2.05) is 0 Å². The van der Waals surface area contributed by atoms with Gasteiger partial charge >= 0.3 is 6.03 Å². The van der Waals surface area contributed by atoms with Crippen LogP contribution in [0.1, 0.15) is 24.4 Å². The largest absolute Gasteiger partial charge is 0.469 e. The minimum Gasteiger partial charge on any atom is -0.469 e. The molecule has 34 heavy (non-hydrogen) atoms. The molecule has 4 rings (SSSR count). The molecule has 0 fully saturated rings. The standard InChI is InChI=1S/C22H18ClF3N6O2/c1-11(32(2)22(33)30-12-3-4-17(24)16(23)5-12)15-8-27-21(34-9-20-28-10-29-31-20)14-7-19(26)18(25)6-13(14)15/h3-8,10-11H,9H2,1-2H3,(H,30,33)(H,28,29,31)/t11-/m0/s1. The minimum absolute atomic E-state index is 0.0396. The average Bonchev–Trinajstić information content (AvgIpc) is 3.33. The summed E-state index contributed by atoms with van der Waals surface area (Å²) in [4.78, 5) is 22.3. The summed E-state index contributed by atoms with van der Waals surface area (Å²) in [6, 6.07) is 4.66. The molecule has 0 unspecified atom stereocenters. The number of carbonyl (C=O) groups is 1. The number of carbonyl (C=O) groups excluding carboxylic acids is 1. The van der Waals surface area contributed by atoms with Crippen molar-refractivity contribution < 1.29 is 22.7 Å². The molecule has 0 aliphatic rings. The smallest absolute Gasteiger partial charge is 0.322 e. The summed E-state index contributed by atoms with van der Waals surface area (Å²) < 4.78 is 47.2. The van der Waals surface area contributed by atoms with Gasteiger partial charge in [-0.3, -0.25) is 5.10 Å². The Balaban J connectivity index is 1.63. The molecule has 0 saturated carbocycles. The van der Waals surface area contributed by atoms with Crippen LogP contribution in [0, 0.1) is 17.5 Å². The predicted molar refractivity (Wildman–Crippen MR) is 119 cm³/mol. The summed E-state index contributed by atoms with van der Waals surface area (Å²) in [6.07, 6.45) is 2.81. The van der Waals surface area contributed by atoms with Gasteiger partial charge in [0.2, 0.25) is 5.88 Å². The Bertz CT molecular complexity index is 1350. The fourth-order valence-corrected chi connectivity index (χ4v) is 3.47.